The van der Waals surface area contributed by atoms with Crippen LogP contribution in [0.15, 0.2) is 34.6 Å². The third-order valence-electron chi connectivity index (χ3n) is 5.25. The van der Waals surface area contributed by atoms with Gasteiger partial charge in [-0.1, -0.05) is 31.7 Å². The fourth-order valence-electron chi connectivity index (χ4n) is 3.65. The SMILES string of the molecule is Cc1ccsc1/C=C/C1=Cc2c(sc(NC(=O)CSc3nncn3C)c2C#N)C(C)(C)C1. The van der Waals surface area contributed by atoms with E-state index in [2.05, 4.69) is 72.0 Å². The minimum absolute atomic E-state index is 0.124. The lowest BCUT2D eigenvalue weighted by atomic mass is 9.77. The van der Waals surface area contributed by atoms with Gasteiger partial charge in [-0.25, -0.2) is 0 Å². The summed E-state index contributed by atoms with van der Waals surface area (Å²) in [6.07, 6.45) is 8.87. The van der Waals surface area contributed by atoms with Crippen molar-refractivity contribution in [1.29, 1.82) is 5.26 Å². The van der Waals surface area contributed by atoms with Crippen LogP contribution in [0.3, 0.4) is 0 Å². The molecule has 1 aliphatic carbocycles. The van der Waals surface area contributed by atoms with Gasteiger partial charge in [0.05, 0.1) is 11.3 Å². The number of allylic oxidation sites excluding steroid dienone is 2. The van der Waals surface area contributed by atoms with Crippen LogP contribution in [-0.4, -0.2) is 26.4 Å². The van der Waals surface area contributed by atoms with Gasteiger partial charge in [0.2, 0.25) is 5.91 Å². The molecule has 0 radical (unpaired) electrons. The average Bonchev–Trinajstić information content (AvgIpc) is 3.43. The lowest BCUT2D eigenvalue weighted by Gasteiger charge is -2.29. The Bertz CT molecular complexity index is 1270. The summed E-state index contributed by atoms with van der Waals surface area (Å²) in [7, 11) is 1.83. The molecule has 3 aromatic heterocycles. The molecule has 0 unspecified atom stereocenters. The average molecular weight is 482 g/mol. The molecular weight excluding hydrogens is 458 g/mol. The minimum atomic E-state index is -0.164. The zero-order chi connectivity index (χ0) is 22.9. The third-order valence-corrected chi connectivity index (χ3v) is 8.76. The molecule has 1 N–H and O–H groups in total. The van der Waals surface area contributed by atoms with Gasteiger partial charge < -0.3 is 9.88 Å². The largest absolute Gasteiger partial charge is 0.316 e. The summed E-state index contributed by atoms with van der Waals surface area (Å²) in [5.74, 6) is 0.0380. The van der Waals surface area contributed by atoms with Crippen LogP contribution in [0.1, 0.15) is 46.7 Å². The lowest BCUT2D eigenvalue weighted by Crippen LogP contribution is -2.20. The Labute approximate surface area is 199 Å². The van der Waals surface area contributed by atoms with Gasteiger partial charge in [-0.2, -0.15) is 5.26 Å². The molecule has 32 heavy (non-hydrogen) atoms. The van der Waals surface area contributed by atoms with Gasteiger partial charge in [-0.15, -0.1) is 32.9 Å². The molecule has 9 heteroatoms. The number of aromatic nitrogens is 3. The monoisotopic (exact) mass is 481 g/mol. The molecule has 1 amide bonds. The first-order chi connectivity index (χ1) is 15.3. The van der Waals surface area contributed by atoms with Gasteiger partial charge in [-0.05, 0) is 48.1 Å². The molecule has 0 saturated carbocycles. The zero-order valence-corrected chi connectivity index (χ0v) is 20.7. The van der Waals surface area contributed by atoms with Crippen molar-refractivity contribution in [1.82, 2.24) is 14.8 Å². The van der Waals surface area contributed by atoms with Crippen LogP contribution in [0.5, 0.6) is 0 Å². The highest BCUT2D eigenvalue weighted by atomic mass is 32.2. The number of carbonyl (C=O) groups excluding carboxylic acids is 1. The molecule has 0 bridgehead atoms. The predicted octanol–water partition coefficient (Wildman–Crippen LogP) is 5.63. The van der Waals surface area contributed by atoms with Gasteiger partial charge >= 0.3 is 0 Å². The van der Waals surface area contributed by atoms with Crippen LogP contribution in [0.4, 0.5) is 5.00 Å². The van der Waals surface area contributed by atoms with E-state index in [0.717, 1.165) is 16.9 Å². The molecule has 0 aliphatic heterocycles. The number of nitriles is 1. The van der Waals surface area contributed by atoms with E-state index in [1.54, 1.807) is 22.2 Å². The fourth-order valence-corrected chi connectivity index (χ4v) is 6.40. The van der Waals surface area contributed by atoms with Gasteiger partial charge in [0, 0.05) is 27.8 Å². The highest BCUT2D eigenvalue weighted by Crippen LogP contribution is 2.47. The first-order valence-electron chi connectivity index (χ1n) is 10.1. The fraction of sp³-hybridized carbons (Fsp3) is 0.304. The topological polar surface area (TPSA) is 83.6 Å². The van der Waals surface area contributed by atoms with E-state index in [9.17, 15) is 10.1 Å². The number of hydrogen-bond acceptors (Lipinski definition) is 7. The van der Waals surface area contributed by atoms with Crippen LogP contribution >= 0.6 is 34.4 Å². The van der Waals surface area contributed by atoms with Gasteiger partial charge in [0.15, 0.2) is 5.16 Å². The van der Waals surface area contributed by atoms with Crippen molar-refractivity contribution >= 4 is 57.5 Å². The summed E-state index contributed by atoms with van der Waals surface area (Å²) in [6.45, 7) is 6.49. The minimum Gasteiger partial charge on any atom is -0.316 e. The number of rotatable bonds is 6. The Morgan fingerprint density at radius 3 is 2.91 bits per heavy atom. The number of carbonyl (C=O) groups is 1. The van der Waals surface area contributed by atoms with Crippen molar-refractivity contribution in [2.75, 3.05) is 11.1 Å². The Balaban J connectivity index is 1.58. The van der Waals surface area contributed by atoms with E-state index in [-0.39, 0.29) is 17.1 Å². The smallest absolute Gasteiger partial charge is 0.235 e. The van der Waals surface area contributed by atoms with Crippen molar-refractivity contribution in [3.63, 3.8) is 0 Å². The number of anilines is 1. The van der Waals surface area contributed by atoms with Crippen molar-refractivity contribution in [2.45, 2.75) is 37.8 Å². The quantitative estimate of drug-likeness (QED) is 0.462. The number of fused-ring (bicyclic) bond motifs is 1. The van der Waals surface area contributed by atoms with E-state index >= 15 is 0 Å². The third kappa shape index (κ3) is 4.58. The van der Waals surface area contributed by atoms with Crippen LogP contribution < -0.4 is 5.32 Å². The number of amides is 1. The summed E-state index contributed by atoms with van der Waals surface area (Å²) < 4.78 is 1.77. The van der Waals surface area contributed by atoms with Crippen LogP contribution in [0, 0.1) is 18.3 Å². The summed E-state index contributed by atoms with van der Waals surface area (Å²) in [4.78, 5) is 15.0. The highest BCUT2D eigenvalue weighted by molar-refractivity contribution is 7.99. The van der Waals surface area contributed by atoms with E-state index in [0.29, 0.717) is 15.7 Å². The van der Waals surface area contributed by atoms with Crippen molar-refractivity contribution < 1.29 is 4.79 Å². The molecule has 0 saturated heterocycles. The molecule has 0 atom stereocenters. The van der Waals surface area contributed by atoms with E-state index in [4.69, 9.17) is 0 Å². The van der Waals surface area contributed by atoms with E-state index < -0.39 is 0 Å². The molecule has 4 rings (SSSR count). The molecule has 0 spiro atoms. The zero-order valence-electron chi connectivity index (χ0n) is 18.3. The maximum absolute atomic E-state index is 12.6. The second-order valence-electron chi connectivity index (χ2n) is 8.30. The van der Waals surface area contributed by atoms with Crippen molar-refractivity contribution in [3.05, 3.63) is 55.9 Å². The molecular formula is C23H23N5OS3. The van der Waals surface area contributed by atoms with E-state index in [1.807, 2.05) is 7.05 Å². The maximum Gasteiger partial charge on any atom is 0.235 e. The normalized spacial score (nSPS) is 14.8. The second-order valence-corrected chi connectivity index (χ2v) is 11.2. The van der Waals surface area contributed by atoms with Crippen molar-refractivity contribution in [3.8, 4) is 6.07 Å². The van der Waals surface area contributed by atoms with Gasteiger partial charge in [0.25, 0.3) is 0 Å². The van der Waals surface area contributed by atoms with Crippen molar-refractivity contribution in [2.24, 2.45) is 7.05 Å². The summed E-state index contributed by atoms with van der Waals surface area (Å²) in [5.41, 5.74) is 3.78. The molecule has 0 fully saturated rings. The predicted molar refractivity (Wildman–Crippen MR) is 133 cm³/mol. The Morgan fingerprint density at radius 1 is 1.44 bits per heavy atom. The Hall–Kier alpha value is -2.67. The summed E-state index contributed by atoms with van der Waals surface area (Å²) in [5, 5.41) is 24.0. The molecule has 3 aromatic rings. The number of thioether (sulfide) groups is 1. The summed E-state index contributed by atoms with van der Waals surface area (Å²) in [6, 6.07) is 4.44. The molecule has 0 aromatic carbocycles. The summed E-state index contributed by atoms with van der Waals surface area (Å²) >= 11 is 4.54. The number of thiophene rings is 2. The maximum atomic E-state index is 12.6. The van der Waals surface area contributed by atoms with Crippen LogP contribution in [0.25, 0.3) is 12.2 Å². The number of nitrogens with one attached hydrogen (secondary N) is 1. The number of nitrogens with zero attached hydrogens (tertiary/aromatic N) is 4. The van der Waals surface area contributed by atoms with Gasteiger partial charge in [0.1, 0.15) is 17.4 Å². The number of hydrogen-bond donors (Lipinski definition) is 1. The Morgan fingerprint density at radius 2 is 2.25 bits per heavy atom. The first kappa shape index (κ1) is 22.5. The lowest BCUT2D eigenvalue weighted by molar-refractivity contribution is -0.113. The molecule has 164 valence electrons. The standard InChI is InChI=1S/C23H23N5OS3/c1-14-7-8-30-18(14)6-5-15-9-16-17(11-24)21(32-20(16)23(2,3)10-15)26-19(29)12-31-22-27-25-13-28(22)4/h5-9,13H,10,12H2,1-4H3,(H,26,29)/b6-5+. The Kier molecular flexibility index (Phi) is 6.38. The molecule has 3 heterocycles. The van der Waals surface area contributed by atoms with Crippen LogP contribution in [0.2, 0.25) is 0 Å². The van der Waals surface area contributed by atoms with Gasteiger partial charge in [-0.3, -0.25) is 4.79 Å². The molecule has 6 nitrogen and oxygen atoms in total. The van der Waals surface area contributed by atoms with Crippen LogP contribution in [-0.2, 0) is 17.3 Å². The second kappa shape index (κ2) is 9.06. The highest BCUT2D eigenvalue weighted by Gasteiger charge is 2.33. The number of aryl methyl sites for hydroxylation is 2. The molecule has 1 aliphatic rings. The first-order valence-corrected chi connectivity index (χ1v) is 12.7. The van der Waals surface area contributed by atoms with E-state index in [1.165, 1.54) is 39.1 Å².